The van der Waals surface area contributed by atoms with Crippen LogP contribution in [-0.2, 0) is 4.79 Å². The second kappa shape index (κ2) is 4.56. The van der Waals surface area contributed by atoms with Gasteiger partial charge < -0.3 is 4.90 Å². The molecule has 2 rings (SSSR count). The summed E-state index contributed by atoms with van der Waals surface area (Å²) in [6, 6.07) is 3.09. The van der Waals surface area contributed by atoms with Gasteiger partial charge in [0.05, 0.1) is 4.92 Å². The number of amides is 1. The first-order valence-electron chi connectivity index (χ1n) is 5.39. The lowest BCUT2D eigenvalue weighted by Gasteiger charge is -2.16. The van der Waals surface area contributed by atoms with Gasteiger partial charge >= 0.3 is 0 Å². The summed E-state index contributed by atoms with van der Waals surface area (Å²) in [5, 5.41) is 10.9. The summed E-state index contributed by atoms with van der Waals surface area (Å²) < 4.78 is 13.2. The molecule has 0 N–H and O–H groups in total. The molecular weight excluding hydrogens is 239 g/mol. The molecule has 0 spiro atoms. The maximum absolute atomic E-state index is 13.2. The quantitative estimate of drug-likeness (QED) is 0.469. The Morgan fingerprint density at radius 2 is 2.28 bits per heavy atom. The number of hydrogen-bond donors (Lipinski definition) is 0. The lowest BCUT2D eigenvalue weighted by Crippen LogP contribution is -2.25. The number of rotatable bonds is 3. The molecule has 1 heterocycles. The number of carbonyl (C=O) groups is 1. The van der Waals surface area contributed by atoms with Crippen LogP contribution in [0.2, 0.25) is 0 Å². The van der Waals surface area contributed by atoms with Crippen LogP contribution in [0.5, 0.6) is 0 Å². The summed E-state index contributed by atoms with van der Waals surface area (Å²) in [6.45, 7) is 3.89. The Balaban J connectivity index is 2.44. The molecule has 18 heavy (non-hydrogen) atoms. The molecule has 1 amide bonds. The van der Waals surface area contributed by atoms with Crippen molar-refractivity contribution in [2.24, 2.45) is 5.92 Å². The number of halogens is 1. The maximum atomic E-state index is 13.2. The number of nitrogens with zero attached hydrogens (tertiary/aromatic N) is 2. The Hall–Kier alpha value is -2.24. The van der Waals surface area contributed by atoms with E-state index in [1.54, 1.807) is 6.08 Å². The van der Waals surface area contributed by atoms with Gasteiger partial charge in [-0.25, -0.2) is 4.39 Å². The number of hydrogen-bond acceptors (Lipinski definition) is 3. The summed E-state index contributed by atoms with van der Waals surface area (Å²) in [6.07, 6.45) is 1.88. The molecule has 0 aromatic heterocycles. The first-order valence-corrected chi connectivity index (χ1v) is 5.39. The van der Waals surface area contributed by atoms with Crippen LogP contribution in [0.1, 0.15) is 6.42 Å². The second-order valence-electron chi connectivity index (χ2n) is 4.09. The molecule has 0 aliphatic carbocycles. The van der Waals surface area contributed by atoms with Crippen LogP contribution >= 0.6 is 0 Å². The van der Waals surface area contributed by atoms with Gasteiger partial charge in [0.15, 0.2) is 0 Å². The van der Waals surface area contributed by atoms with Gasteiger partial charge in [-0.05, 0) is 6.07 Å². The number of anilines is 1. The highest BCUT2D eigenvalue weighted by Crippen LogP contribution is 2.33. The SMILES string of the molecule is C=CC1CC(=O)N(c2cc(F)ccc2[N+](=O)[O-])C1. The van der Waals surface area contributed by atoms with Crippen LogP contribution in [0.15, 0.2) is 30.9 Å². The predicted octanol–water partition coefficient (Wildman–Crippen LogP) is 2.27. The van der Waals surface area contributed by atoms with E-state index >= 15 is 0 Å². The minimum absolute atomic E-state index is 0.00866. The van der Waals surface area contributed by atoms with Crippen LogP contribution in [0, 0.1) is 21.8 Å². The first-order chi connectivity index (χ1) is 8.52. The van der Waals surface area contributed by atoms with Crippen molar-refractivity contribution in [2.45, 2.75) is 6.42 Å². The van der Waals surface area contributed by atoms with E-state index in [2.05, 4.69) is 6.58 Å². The summed E-state index contributed by atoms with van der Waals surface area (Å²) in [4.78, 5) is 23.3. The summed E-state index contributed by atoms with van der Waals surface area (Å²) in [7, 11) is 0. The van der Waals surface area contributed by atoms with E-state index in [9.17, 15) is 19.3 Å². The second-order valence-corrected chi connectivity index (χ2v) is 4.09. The average molecular weight is 250 g/mol. The number of nitro benzene ring substituents is 1. The maximum Gasteiger partial charge on any atom is 0.293 e. The highest BCUT2D eigenvalue weighted by atomic mass is 19.1. The van der Waals surface area contributed by atoms with E-state index in [-0.39, 0.29) is 29.6 Å². The Morgan fingerprint density at radius 3 is 2.83 bits per heavy atom. The van der Waals surface area contributed by atoms with Gasteiger partial charge in [-0.15, -0.1) is 6.58 Å². The zero-order valence-corrected chi connectivity index (χ0v) is 9.51. The van der Waals surface area contributed by atoms with Crippen molar-refractivity contribution in [3.63, 3.8) is 0 Å². The van der Waals surface area contributed by atoms with E-state index in [1.807, 2.05) is 0 Å². The normalized spacial score (nSPS) is 19.1. The summed E-state index contributed by atoms with van der Waals surface area (Å²) in [5.74, 6) is -0.917. The van der Waals surface area contributed by atoms with Crippen LogP contribution in [0.3, 0.4) is 0 Å². The van der Waals surface area contributed by atoms with Crippen molar-refractivity contribution in [2.75, 3.05) is 11.4 Å². The lowest BCUT2D eigenvalue weighted by molar-refractivity contribution is -0.384. The molecule has 5 nitrogen and oxygen atoms in total. The molecule has 94 valence electrons. The van der Waals surface area contributed by atoms with Gasteiger partial charge in [-0.2, -0.15) is 0 Å². The van der Waals surface area contributed by atoms with Crippen molar-refractivity contribution in [1.82, 2.24) is 0 Å². The van der Waals surface area contributed by atoms with Crippen molar-refractivity contribution < 1.29 is 14.1 Å². The van der Waals surface area contributed by atoms with Crippen LogP contribution in [0.25, 0.3) is 0 Å². The zero-order chi connectivity index (χ0) is 13.3. The van der Waals surface area contributed by atoms with Crippen LogP contribution in [0.4, 0.5) is 15.8 Å². The molecule has 0 saturated carbocycles. The Labute approximate surface area is 103 Å². The molecule has 1 fully saturated rings. The predicted molar refractivity (Wildman–Crippen MR) is 63.7 cm³/mol. The van der Waals surface area contributed by atoms with Crippen molar-refractivity contribution in [3.05, 3.63) is 46.8 Å². The molecule has 1 aromatic carbocycles. The molecule has 1 aliphatic rings. The van der Waals surface area contributed by atoms with Crippen molar-refractivity contribution in [3.8, 4) is 0 Å². The highest BCUT2D eigenvalue weighted by molar-refractivity contribution is 5.98. The van der Waals surface area contributed by atoms with E-state index in [4.69, 9.17) is 0 Å². The summed E-state index contributed by atoms with van der Waals surface area (Å²) in [5.41, 5.74) is -0.260. The largest absolute Gasteiger partial charge is 0.306 e. The molecule has 1 unspecified atom stereocenters. The fourth-order valence-corrected chi connectivity index (χ4v) is 1.99. The molecule has 0 radical (unpaired) electrons. The summed E-state index contributed by atoms with van der Waals surface area (Å²) >= 11 is 0. The fraction of sp³-hybridized carbons (Fsp3) is 0.250. The third-order valence-electron chi connectivity index (χ3n) is 2.91. The van der Waals surface area contributed by atoms with Gasteiger partial charge in [0, 0.05) is 31.0 Å². The Morgan fingerprint density at radius 1 is 1.56 bits per heavy atom. The van der Waals surface area contributed by atoms with E-state index in [1.165, 1.54) is 4.90 Å². The monoisotopic (exact) mass is 250 g/mol. The van der Waals surface area contributed by atoms with Gasteiger partial charge in [0.2, 0.25) is 5.91 Å². The van der Waals surface area contributed by atoms with Crippen LogP contribution < -0.4 is 4.90 Å². The van der Waals surface area contributed by atoms with Gasteiger partial charge in [0.1, 0.15) is 11.5 Å². The first kappa shape index (κ1) is 12.2. The van der Waals surface area contributed by atoms with E-state index in [0.29, 0.717) is 6.54 Å². The average Bonchev–Trinajstić information content (AvgIpc) is 2.70. The molecular formula is C12H11FN2O3. The molecule has 0 bridgehead atoms. The molecule has 1 atom stereocenters. The minimum atomic E-state index is -0.622. The molecule has 1 saturated heterocycles. The molecule has 1 aliphatic heterocycles. The zero-order valence-electron chi connectivity index (χ0n) is 9.51. The standard InChI is InChI=1S/C12H11FN2O3/c1-2-8-5-12(16)14(7-8)11-6-9(13)3-4-10(11)15(17)18/h2-4,6,8H,1,5,7H2. The lowest BCUT2D eigenvalue weighted by atomic mass is 10.1. The highest BCUT2D eigenvalue weighted by Gasteiger charge is 2.33. The minimum Gasteiger partial charge on any atom is -0.306 e. The topological polar surface area (TPSA) is 63.5 Å². The number of benzene rings is 1. The number of nitro groups is 1. The smallest absolute Gasteiger partial charge is 0.293 e. The Kier molecular flexibility index (Phi) is 3.10. The fourth-order valence-electron chi connectivity index (χ4n) is 1.99. The van der Waals surface area contributed by atoms with E-state index < -0.39 is 10.7 Å². The van der Waals surface area contributed by atoms with E-state index in [0.717, 1.165) is 18.2 Å². The van der Waals surface area contributed by atoms with Gasteiger partial charge in [0.25, 0.3) is 5.69 Å². The van der Waals surface area contributed by atoms with Gasteiger partial charge in [-0.3, -0.25) is 14.9 Å². The number of carbonyl (C=O) groups excluding carboxylic acids is 1. The van der Waals surface area contributed by atoms with Crippen molar-refractivity contribution in [1.29, 1.82) is 0 Å². The molecule has 6 heteroatoms. The molecule has 1 aromatic rings. The van der Waals surface area contributed by atoms with Gasteiger partial charge in [-0.1, -0.05) is 6.08 Å². The Bertz CT molecular complexity index is 530. The third-order valence-corrected chi connectivity index (χ3v) is 2.91. The van der Waals surface area contributed by atoms with Crippen molar-refractivity contribution >= 4 is 17.3 Å². The van der Waals surface area contributed by atoms with Crippen LogP contribution in [-0.4, -0.2) is 17.4 Å². The third kappa shape index (κ3) is 2.09.